The van der Waals surface area contributed by atoms with Crippen LogP contribution < -0.4 is 4.74 Å². The predicted molar refractivity (Wildman–Crippen MR) is 73.2 cm³/mol. The first kappa shape index (κ1) is 13.8. The number of methoxy groups -OCH3 is 1. The van der Waals surface area contributed by atoms with Crippen LogP contribution in [0.3, 0.4) is 0 Å². The number of ether oxygens (including phenoxy) is 1. The van der Waals surface area contributed by atoms with Gasteiger partial charge in [-0.15, -0.1) is 0 Å². The van der Waals surface area contributed by atoms with E-state index in [1.54, 1.807) is 25.1 Å². The summed E-state index contributed by atoms with van der Waals surface area (Å²) in [5.74, 6) is -0.0696. The van der Waals surface area contributed by atoms with Gasteiger partial charge in [-0.3, -0.25) is 4.79 Å². The zero-order chi connectivity index (χ0) is 14.7. The van der Waals surface area contributed by atoms with Crippen molar-refractivity contribution in [3.05, 3.63) is 52.8 Å². The third-order valence-corrected chi connectivity index (χ3v) is 3.09. The Hall–Kier alpha value is -2.67. The summed E-state index contributed by atoms with van der Waals surface area (Å²) in [4.78, 5) is 11.0. The van der Waals surface area contributed by atoms with Gasteiger partial charge in [-0.25, -0.2) is 4.39 Å². The van der Waals surface area contributed by atoms with Crippen molar-refractivity contribution in [2.75, 3.05) is 7.11 Å². The summed E-state index contributed by atoms with van der Waals surface area (Å²) >= 11 is 0. The van der Waals surface area contributed by atoms with Gasteiger partial charge in [0, 0.05) is 11.1 Å². The summed E-state index contributed by atoms with van der Waals surface area (Å²) in [6.07, 6.45) is 0.666. The maximum absolute atomic E-state index is 13.8. The monoisotopic (exact) mass is 269 g/mol. The fraction of sp³-hybridized carbons (Fsp3) is 0.125. The minimum Gasteiger partial charge on any atom is -0.495 e. The summed E-state index contributed by atoms with van der Waals surface area (Å²) in [6, 6.07) is 9.78. The standard InChI is InChI=1S/C16H12FNO2/c1-10-6-12(8-18)14(7-15(10)17)13-5-3-4-11(9-19)16(13)20-2/h3-7,9H,1-2H3. The maximum atomic E-state index is 13.8. The van der Waals surface area contributed by atoms with Crippen LogP contribution in [0, 0.1) is 24.1 Å². The predicted octanol–water partition coefficient (Wildman–Crippen LogP) is 3.49. The van der Waals surface area contributed by atoms with E-state index >= 15 is 0 Å². The lowest BCUT2D eigenvalue weighted by Gasteiger charge is -2.12. The second-order valence-corrected chi connectivity index (χ2v) is 4.30. The Morgan fingerprint density at radius 1 is 1.30 bits per heavy atom. The van der Waals surface area contributed by atoms with Gasteiger partial charge in [-0.2, -0.15) is 5.26 Å². The number of carbonyl (C=O) groups is 1. The van der Waals surface area contributed by atoms with Gasteiger partial charge in [-0.05, 0) is 30.7 Å². The average Bonchev–Trinajstić information content (AvgIpc) is 2.48. The molecule has 0 fully saturated rings. The van der Waals surface area contributed by atoms with Crippen molar-refractivity contribution in [2.24, 2.45) is 0 Å². The molecule has 3 nitrogen and oxygen atoms in total. The summed E-state index contributed by atoms with van der Waals surface area (Å²) in [5.41, 5.74) is 2.03. The number of carbonyl (C=O) groups excluding carboxylic acids is 1. The van der Waals surface area contributed by atoms with Crippen LogP contribution in [0.25, 0.3) is 11.1 Å². The van der Waals surface area contributed by atoms with E-state index in [1.165, 1.54) is 19.2 Å². The molecule has 2 aromatic carbocycles. The van der Waals surface area contributed by atoms with Crippen LogP contribution in [-0.4, -0.2) is 13.4 Å². The number of aryl methyl sites for hydroxylation is 1. The normalized spacial score (nSPS) is 9.90. The van der Waals surface area contributed by atoms with Crippen molar-refractivity contribution in [3.63, 3.8) is 0 Å². The molecule has 20 heavy (non-hydrogen) atoms. The third kappa shape index (κ3) is 2.26. The lowest BCUT2D eigenvalue weighted by Crippen LogP contribution is -1.96. The second-order valence-electron chi connectivity index (χ2n) is 4.30. The van der Waals surface area contributed by atoms with Crippen LogP contribution in [0.5, 0.6) is 5.75 Å². The first-order valence-corrected chi connectivity index (χ1v) is 5.95. The largest absolute Gasteiger partial charge is 0.495 e. The van der Waals surface area contributed by atoms with Crippen molar-refractivity contribution >= 4 is 6.29 Å². The fourth-order valence-corrected chi connectivity index (χ4v) is 2.08. The van der Waals surface area contributed by atoms with E-state index in [-0.39, 0.29) is 0 Å². The molecule has 2 rings (SSSR count). The molecule has 0 aliphatic carbocycles. The van der Waals surface area contributed by atoms with Gasteiger partial charge in [0.1, 0.15) is 11.6 Å². The molecule has 0 radical (unpaired) electrons. The SMILES string of the molecule is COc1c(C=O)cccc1-c1cc(F)c(C)cc1C#N. The lowest BCUT2D eigenvalue weighted by atomic mass is 9.96. The number of benzene rings is 2. The van der Waals surface area contributed by atoms with E-state index < -0.39 is 5.82 Å². The van der Waals surface area contributed by atoms with Crippen molar-refractivity contribution < 1.29 is 13.9 Å². The van der Waals surface area contributed by atoms with Crippen LogP contribution in [0.2, 0.25) is 0 Å². The molecule has 0 saturated carbocycles. The fourth-order valence-electron chi connectivity index (χ4n) is 2.08. The minimum absolute atomic E-state index is 0.335. The van der Waals surface area contributed by atoms with Crippen LogP contribution in [0.1, 0.15) is 21.5 Å². The molecule has 0 atom stereocenters. The highest BCUT2D eigenvalue weighted by atomic mass is 19.1. The van der Waals surface area contributed by atoms with E-state index in [1.807, 2.05) is 6.07 Å². The number of halogens is 1. The Labute approximate surface area is 116 Å². The third-order valence-electron chi connectivity index (χ3n) is 3.09. The number of aldehydes is 1. The van der Waals surface area contributed by atoms with Crippen LogP contribution in [-0.2, 0) is 0 Å². The van der Waals surface area contributed by atoms with Crippen molar-refractivity contribution in [1.82, 2.24) is 0 Å². The highest BCUT2D eigenvalue weighted by molar-refractivity contribution is 5.87. The van der Waals surface area contributed by atoms with Crippen molar-refractivity contribution in [2.45, 2.75) is 6.92 Å². The van der Waals surface area contributed by atoms with Gasteiger partial charge in [-0.1, -0.05) is 12.1 Å². The zero-order valence-electron chi connectivity index (χ0n) is 11.1. The molecule has 0 unspecified atom stereocenters. The molecule has 0 saturated heterocycles. The smallest absolute Gasteiger partial charge is 0.153 e. The Kier molecular flexibility index (Phi) is 3.81. The first-order chi connectivity index (χ1) is 9.62. The molecule has 0 bridgehead atoms. The van der Waals surface area contributed by atoms with E-state index in [0.717, 1.165) is 0 Å². The summed E-state index contributed by atoms with van der Waals surface area (Å²) < 4.78 is 19.0. The molecule has 0 amide bonds. The van der Waals surface area contributed by atoms with Crippen LogP contribution in [0.15, 0.2) is 30.3 Å². The minimum atomic E-state index is -0.405. The number of para-hydroxylation sites is 1. The van der Waals surface area contributed by atoms with Gasteiger partial charge in [0.05, 0.1) is 24.3 Å². The molecule has 0 heterocycles. The molecule has 0 aliphatic rings. The molecule has 100 valence electrons. The Morgan fingerprint density at radius 3 is 2.65 bits per heavy atom. The topological polar surface area (TPSA) is 50.1 Å². The maximum Gasteiger partial charge on any atom is 0.153 e. The number of nitrogens with zero attached hydrogens (tertiary/aromatic N) is 1. The number of nitriles is 1. The number of hydrogen-bond donors (Lipinski definition) is 0. The van der Waals surface area contributed by atoms with Gasteiger partial charge in [0.15, 0.2) is 6.29 Å². The quantitative estimate of drug-likeness (QED) is 0.801. The number of hydrogen-bond acceptors (Lipinski definition) is 3. The van der Waals surface area contributed by atoms with E-state index in [0.29, 0.717) is 39.9 Å². The van der Waals surface area contributed by atoms with Gasteiger partial charge < -0.3 is 4.74 Å². The van der Waals surface area contributed by atoms with Crippen molar-refractivity contribution in [1.29, 1.82) is 5.26 Å². The molecule has 0 aliphatic heterocycles. The van der Waals surface area contributed by atoms with Crippen LogP contribution >= 0.6 is 0 Å². The molecular weight excluding hydrogens is 257 g/mol. The van der Waals surface area contributed by atoms with Gasteiger partial charge >= 0.3 is 0 Å². The molecule has 0 spiro atoms. The Morgan fingerprint density at radius 2 is 2.05 bits per heavy atom. The Balaban J connectivity index is 2.78. The van der Waals surface area contributed by atoms with Gasteiger partial charge in [0.2, 0.25) is 0 Å². The molecule has 4 heteroatoms. The van der Waals surface area contributed by atoms with Crippen molar-refractivity contribution in [3.8, 4) is 22.9 Å². The molecular formula is C16H12FNO2. The second kappa shape index (κ2) is 5.54. The first-order valence-electron chi connectivity index (χ1n) is 5.95. The lowest BCUT2D eigenvalue weighted by molar-refractivity contribution is 0.112. The Bertz CT molecular complexity index is 717. The highest BCUT2D eigenvalue weighted by Gasteiger charge is 2.15. The summed E-state index contributed by atoms with van der Waals surface area (Å²) in [6.45, 7) is 1.60. The molecule has 0 aromatic heterocycles. The van der Waals surface area contributed by atoms with Gasteiger partial charge in [0.25, 0.3) is 0 Å². The van der Waals surface area contributed by atoms with E-state index in [4.69, 9.17) is 4.74 Å². The highest BCUT2D eigenvalue weighted by Crippen LogP contribution is 2.35. The van der Waals surface area contributed by atoms with E-state index in [2.05, 4.69) is 0 Å². The molecule has 2 aromatic rings. The van der Waals surface area contributed by atoms with E-state index in [9.17, 15) is 14.4 Å². The summed E-state index contributed by atoms with van der Waals surface area (Å²) in [5, 5.41) is 9.20. The average molecular weight is 269 g/mol. The van der Waals surface area contributed by atoms with Crippen LogP contribution in [0.4, 0.5) is 4.39 Å². The number of rotatable bonds is 3. The zero-order valence-corrected chi connectivity index (χ0v) is 11.1. The molecule has 0 N–H and O–H groups in total. The summed E-state index contributed by atoms with van der Waals surface area (Å²) in [7, 11) is 1.43.